The highest BCUT2D eigenvalue weighted by Crippen LogP contribution is 2.26. The van der Waals surface area contributed by atoms with Gasteiger partial charge in [0, 0.05) is 18.5 Å². The minimum atomic E-state index is -0.240. The summed E-state index contributed by atoms with van der Waals surface area (Å²) in [5.74, 6) is 0.469. The Morgan fingerprint density at radius 3 is 2.65 bits per heavy atom. The molecule has 2 rings (SSSR count). The van der Waals surface area contributed by atoms with Gasteiger partial charge < -0.3 is 10.1 Å². The maximum Gasteiger partial charge on any atom is 0.257 e. The van der Waals surface area contributed by atoms with E-state index in [9.17, 15) is 4.79 Å². The molecule has 2 aromatic carbocycles. The van der Waals surface area contributed by atoms with Gasteiger partial charge in [0.15, 0.2) is 5.11 Å². The summed E-state index contributed by atoms with van der Waals surface area (Å²) in [4.78, 5) is 12.3. The molecule has 0 radical (unpaired) electrons. The predicted octanol–water partition coefficient (Wildman–Crippen LogP) is 4.48. The van der Waals surface area contributed by atoms with Gasteiger partial charge in [-0.15, -0.1) is 0 Å². The lowest BCUT2D eigenvalue weighted by atomic mass is 10.2. The Labute approximate surface area is 168 Å². The lowest BCUT2D eigenvalue weighted by Crippen LogP contribution is -2.39. The highest BCUT2D eigenvalue weighted by Gasteiger charge is 2.10. The van der Waals surface area contributed by atoms with Crippen molar-refractivity contribution < 1.29 is 9.53 Å². The van der Waals surface area contributed by atoms with Crippen LogP contribution in [0.5, 0.6) is 5.75 Å². The van der Waals surface area contributed by atoms with Gasteiger partial charge in [0.1, 0.15) is 5.75 Å². The van der Waals surface area contributed by atoms with E-state index < -0.39 is 0 Å². The molecule has 0 aliphatic carbocycles. The van der Waals surface area contributed by atoms with Crippen LogP contribution in [-0.4, -0.2) is 24.2 Å². The van der Waals surface area contributed by atoms with Gasteiger partial charge in [-0.05, 0) is 58.3 Å². The van der Waals surface area contributed by atoms with Crippen molar-refractivity contribution in [3.05, 3.63) is 64.1 Å². The SMILES string of the molecule is CCCCNC(=S)NC(=O)c1ccc(OCCc2ccccc2)c(Br)c1. The molecule has 2 aromatic rings. The third-order valence-electron chi connectivity index (χ3n) is 3.73. The smallest absolute Gasteiger partial charge is 0.257 e. The molecule has 0 atom stereocenters. The molecule has 138 valence electrons. The van der Waals surface area contributed by atoms with Crippen molar-refractivity contribution in [2.24, 2.45) is 0 Å². The third-order valence-corrected chi connectivity index (χ3v) is 4.59. The van der Waals surface area contributed by atoms with Crippen molar-refractivity contribution in [2.75, 3.05) is 13.2 Å². The van der Waals surface area contributed by atoms with Crippen LogP contribution in [0.3, 0.4) is 0 Å². The molecule has 0 aliphatic heterocycles. The zero-order valence-corrected chi connectivity index (χ0v) is 17.2. The number of nitrogens with one attached hydrogen (secondary N) is 2. The van der Waals surface area contributed by atoms with Crippen LogP contribution in [0.15, 0.2) is 53.0 Å². The maximum atomic E-state index is 12.3. The minimum absolute atomic E-state index is 0.240. The molecular weight excluding hydrogens is 412 g/mol. The molecule has 6 heteroatoms. The Hall–Kier alpha value is -1.92. The first-order valence-corrected chi connectivity index (χ1v) is 9.85. The quantitative estimate of drug-likeness (QED) is 0.475. The summed E-state index contributed by atoms with van der Waals surface area (Å²) >= 11 is 8.59. The molecule has 0 spiro atoms. The van der Waals surface area contributed by atoms with Crippen LogP contribution in [0.25, 0.3) is 0 Å². The fourth-order valence-electron chi connectivity index (χ4n) is 2.28. The summed E-state index contributed by atoms with van der Waals surface area (Å²) in [6.07, 6.45) is 2.91. The van der Waals surface area contributed by atoms with E-state index >= 15 is 0 Å². The Morgan fingerprint density at radius 2 is 1.96 bits per heavy atom. The number of carbonyl (C=O) groups excluding carboxylic acids is 1. The fraction of sp³-hybridized carbons (Fsp3) is 0.300. The number of halogens is 1. The Kier molecular flexibility index (Phi) is 8.58. The molecule has 1 amide bonds. The van der Waals surface area contributed by atoms with Crippen LogP contribution in [-0.2, 0) is 6.42 Å². The van der Waals surface area contributed by atoms with E-state index in [1.54, 1.807) is 18.2 Å². The molecule has 0 aliphatic rings. The summed E-state index contributed by atoms with van der Waals surface area (Å²) in [5, 5.41) is 6.05. The molecule has 0 unspecified atom stereocenters. The minimum Gasteiger partial charge on any atom is -0.492 e. The second-order valence-electron chi connectivity index (χ2n) is 5.79. The summed E-state index contributed by atoms with van der Waals surface area (Å²) in [6.45, 7) is 3.43. The Morgan fingerprint density at radius 1 is 1.19 bits per heavy atom. The van der Waals surface area contributed by atoms with Crippen molar-refractivity contribution in [1.82, 2.24) is 10.6 Å². The lowest BCUT2D eigenvalue weighted by Gasteiger charge is -2.11. The van der Waals surface area contributed by atoms with Gasteiger partial charge in [-0.1, -0.05) is 43.7 Å². The van der Waals surface area contributed by atoms with E-state index in [0.717, 1.165) is 30.3 Å². The number of ether oxygens (including phenoxy) is 1. The number of thiocarbonyl (C=S) groups is 1. The van der Waals surface area contributed by atoms with Gasteiger partial charge in [-0.2, -0.15) is 0 Å². The number of unbranched alkanes of at least 4 members (excludes halogenated alkanes) is 1. The van der Waals surface area contributed by atoms with Crippen molar-refractivity contribution in [2.45, 2.75) is 26.2 Å². The zero-order valence-electron chi connectivity index (χ0n) is 14.8. The highest BCUT2D eigenvalue weighted by molar-refractivity contribution is 9.10. The fourth-order valence-corrected chi connectivity index (χ4v) is 2.97. The van der Waals surface area contributed by atoms with Gasteiger partial charge in [-0.3, -0.25) is 10.1 Å². The van der Waals surface area contributed by atoms with E-state index in [0.29, 0.717) is 23.0 Å². The van der Waals surface area contributed by atoms with Gasteiger partial charge in [-0.25, -0.2) is 0 Å². The molecule has 2 N–H and O–H groups in total. The Bertz CT molecular complexity index is 738. The highest BCUT2D eigenvalue weighted by atomic mass is 79.9. The molecule has 0 saturated heterocycles. The predicted molar refractivity (Wildman–Crippen MR) is 113 cm³/mol. The van der Waals surface area contributed by atoms with Crippen molar-refractivity contribution in [1.29, 1.82) is 0 Å². The normalized spacial score (nSPS) is 10.2. The van der Waals surface area contributed by atoms with E-state index in [2.05, 4.69) is 45.6 Å². The average molecular weight is 435 g/mol. The summed E-state index contributed by atoms with van der Waals surface area (Å²) in [7, 11) is 0. The summed E-state index contributed by atoms with van der Waals surface area (Å²) in [6, 6.07) is 15.4. The van der Waals surface area contributed by atoms with Crippen LogP contribution in [0.2, 0.25) is 0 Å². The van der Waals surface area contributed by atoms with Crippen LogP contribution in [0.1, 0.15) is 35.7 Å². The summed E-state index contributed by atoms with van der Waals surface area (Å²) in [5.41, 5.74) is 1.75. The average Bonchev–Trinajstić information content (AvgIpc) is 2.64. The molecule has 0 aromatic heterocycles. The van der Waals surface area contributed by atoms with Crippen LogP contribution in [0, 0.1) is 0 Å². The topological polar surface area (TPSA) is 50.4 Å². The largest absolute Gasteiger partial charge is 0.492 e. The first-order chi connectivity index (χ1) is 12.6. The molecule has 0 saturated carbocycles. The summed E-state index contributed by atoms with van der Waals surface area (Å²) < 4.78 is 6.54. The number of hydrogen-bond acceptors (Lipinski definition) is 3. The van der Waals surface area contributed by atoms with Gasteiger partial charge in [0.05, 0.1) is 11.1 Å². The second kappa shape index (κ2) is 10.9. The Balaban J connectivity index is 1.85. The zero-order chi connectivity index (χ0) is 18.8. The molecule has 26 heavy (non-hydrogen) atoms. The van der Waals surface area contributed by atoms with E-state index in [4.69, 9.17) is 17.0 Å². The molecule has 0 heterocycles. The first kappa shape index (κ1) is 20.4. The van der Waals surface area contributed by atoms with Crippen LogP contribution >= 0.6 is 28.1 Å². The lowest BCUT2D eigenvalue weighted by molar-refractivity contribution is 0.0976. The van der Waals surface area contributed by atoms with Crippen molar-refractivity contribution >= 4 is 39.2 Å². The van der Waals surface area contributed by atoms with Gasteiger partial charge in [0.2, 0.25) is 0 Å². The standard InChI is InChI=1S/C20H23BrN2O2S/c1-2-3-12-22-20(26)23-19(24)16-9-10-18(17(21)14-16)25-13-11-15-7-5-4-6-8-15/h4-10,14H,2-3,11-13H2,1H3,(H2,22,23,24,26). The molecule has 0 bridgehead atoms. The number of benzene rings is 2. The van der Waals surface area contributed by atoms with E-state index in [1.807, 2.05) is 18.2 Å². The van der Waals surface area contributed by atoms with Gasteiger partial charge >= 0.3 is 0 Å². The van der Waals surface area contributed by atoms with E-state index in [-0.39, 0.29) is 5.91 Å². The van der Waals surface area contributed by atoms with Crippen molar-refractivity contribution in [3.63, 3.8) is 0 Å². The number of amides is 1. The molecule has 4 nitrogen and oxygen atoms in total. The van der Waals surface area contributed by atoms with Gasteiger partial charge in [0.25, 0.3) is 5.91 Å². The monoisotopic (exact) mass is 434 g/mol. The van der Waals surface area contributed by atoms with Crippen LogP contribution < -0.4 is 15.4 Å². The first-order valence-electron chi connectivity index (χ1n) is 8.65. The number of carbonyl (C=O) groups is 1. The van der Waals surface area contributed by atoms with E-state index in [1.165, 1.54) is 5.56 Å². The van der Waals surface area contributed by atoms with Crippen molar-refractivity contribution in [3.8, 4) is 5.75 Å². The molecule has 0 fully saturated rings. The number of hydrogen-bond donors (Lipinski definition) is 2. The number of rotatable bonds is 8. The molecular formula is C20H23BrN2O2S. The second-order valence-corrected chi connectivity index (χ2v) is 7.06. The van der Waals surface area contributed by atoms with Crippen LogP contribution in [0.4, 0.5) is 0 Å². The maximum absolute atomic E-state index is 12.3. The third kappa shape index (κ3) is 6.77.